The lowest BCUT2D eigenvalue weighted by atomic mass is 9.94. The number of hydrogen-bond acceptors (Lipinski definition) is 7. The van der Waals surface area contributed by atoms with Crippen molar-refractivity contribution >= 4 is 46.1 Å². The summed E-state index contributed by atoms with van der Waals surface area (Å²) in [7, 11) is 0. The normalized spacial score (nSPS) is 13.2. The van der Waals surface area contributed by atoms with E-state index in [1.165, 1.54) is 0 Å². The Morgan fingerprint density at radius 1 is 0.804 bits per heavy atom. The van der Waals surface area contributed by atoms with Crippen molar-refractivity contribution in [3.05, 3.63) is 83.9 Å². The van der Waals surface area contributed by atoms with E-state index >= 15 is 0 Å². The maximum absolute atomic E-state index is 13.1. The summed E-state index contributed by atoms with van der Waals surface area (Å²) >= 11 is 0. The molecule has 3 aromatic rings. The first-order valence-corrected chi connectivity index (χ1v) is 14.9. The molecular weight excluding hydrogens is 588 g/mol. The smallest absolute Gasteiger partial charge is 0.290 e. The zero-order valence-corrected chi connectivity index (χ0v) is 25.7. The maximum Gasteiger partial charge on any atom is 0.290 e. The molecule has 12 nitrogen and oxygen atoms in total. The summed E-state index contributed by atoms with van der Waals surface area (Å²) in [5.41, 5.74) is 6.99. The van der Waals surface area contributed by atoms with Crippen LogP contribution >= 0.6 is 0 Å². The van der Waals surface area contributed by atoms with Gasteiger partial charge < -0.3 is 27.0 Å². The van der Waals surface area contributed by atoms with Gasteiger partial charge >= 0.3 is 0 Å². The average molecular weight is 627 g/mol. The first kappa shape index (κ1) is 34.9. The second-order valence-corrected chi connectivity index (χ2v) is 11.0. The van der Waals surface area contributed by atoms with Crippen molar-refractivity contribution in [3.8, 4) is 6.07 Å². The lowest BCUT2D eigenvalue weighted by Gasteiger charge is -2.25. The second-order valence-electron chi connectivity index (χ2n) is 11.0. The number of fused-ring (bicyclic) bond motifs is 1. The highest BCUT2D eigenvalue weighted by atomic mass is 16.2. The number of nitrogens with zero attached hydrogens (tertiary/aromatic N) is 1. The zero-order chi connectivity index (χ0) is 33.6. The van der Waals surface area contributed by atoms with Crippen LogP contribution in [0, 0.1) is 17.2 Å². The SMILES string of the molecule is CC[C@H](C)C(NC(=O)[C@H](CC#N)NC(=O)Cc1ccccc1)C(=O)C(=O)NCC(=O)N[C@@H](Cc1ccc2ccccc2c1)C(N)=O. The van der Waals surface area contributed by atoms with Crippen LogP contribution < -0.4 is 27.0 Å². The molecule has 46 heavy (non-hydrogen) atoms. The first-order valence-electron chi connectivity index (χ1n) is 14.9. The number of benzene rings is 3. The van der Waals surface area contributed by atoms with Crippen LogP contribution in [0.5, 0.6) is 0 Å². The molecule has 12 heteroatoms. The van der Waals surface area contributed by atoms with Crippen LogP contribution in [0.2, 0.25) is 0 Å². The van der Waals surface area contributed by atoms with E-state index in [4.69, 9.17) is 5.73 Å². The van der Waals surface area contributed by atoms with Gasteiger partial charge in [-0.15, -0.1) is 0 Å². The van der Waals surface area contributed by atoms with E-state index in [2.05, 4.69) is 21.3 Å². The van der Waals surface area contributed by atoms with E-state index in [9.17, 15) is 34.0 Å². The van der Waals surface area contributed by atoms with Gasteiger partial charge in [0.1, 0.15) is 12.1 Å². The van der Waals surface area contributed by atoms with Gasteiger partial charge in [0.25, 0.3) is 5.91 Å². The Labute approximate surface area is 267 Å². The van der Waals surface area contributed by atoms with Crippen molar-refractivity contribution in [1.29, 1.82) is 5.26 Å². The van der Waals surface area contributed by atoms with Crippen molar-refractivity contribution in [2.24, 2.45) is 11.7 Å². The van der Waals surface area contributed by atoms with Gasteiger partial charge in [0.2, 0.25) is 29.4 Å². The third-order valence-electron chi connectivity index (χ3n) is 7.51. The Morgan fingerprint density at radius 2 is 1.46 bits per heavy atom. The minimum Gasteiger partial charge on any atom is -0.368 e. The lowest BCUT2D eigenvalue weighted by Crippen LogP contribution is -2.56. The zero-order valence-electron chi connectivity index (χ0n) is 25.7. The maximum atomic E-state index is 13.1. The molecule has 0 bridgehead atoms. The molecule has 0 saturated carbocycles. The summed E-state index contributed by atoms with van der Waals surface area (Å²) in [5, 5.41) is 20.9. The number of carbonyl (C=O) groups excluding carboxylic acids is 6. The number of primary amides is 1. The van der Waals surface area contributed by atoms with Gasteiger partial charge in [0.05, 0.1) is 31.5 Å². The topological polar surface area (TPSA) is 200 Å². The molecule has 0 spiro atoms. The molecule has 0 radical (unpaired) electrons. The molecule has 3 aromatic carbocycles. The van der Waals surface area contributed by atoms with Gasteiger partial charge in [-0.25, -0.2) is 0 Å². The molecular formula is C34H38N6O6. The molecule has 0 saturated heterocycles. The average Bonchev–Trinajstić information content (AvgIpc) is 3.05. The Kier molecular flexibility index (Phi) is 12.9. The van der Waals surface area contributed by atoms with Crippen LogP contribution in [-0.4, -0.2) is 60.0 Å². The van der Waals surface area contributed by atoms with E-state index in [0.29, 0.717) is 12.0 Å². The van der Waals surface area contributed by atoms with Gasteiger partial charge in [-0.05, 0) is 27.8 Å². The van der Waals surface area contributed by atoms with Gasteiger partial charge in [-0.2, -0.15) is 5.26 Å². The number of amides is 5. The predicted molar refractivity (Wildman–Crippen MR) is 170 cm³/mol. The number of nitrogens with two attached hydrogens (primary N) is 1. The number of hydrogen-bond donors (Lipinski definition) is 5. The highest BCUT2D eigenvalue weighted by Crippen LogP contribution is 2.17. The van der Waals surface area contributed by atoms with Crippen LogP contribution in [0.25, 0.3) is 10.8 Å². The lowest BCUT2D eigenvalue weighted by molar-refractivity contribution is -0.141. The Hall–Kier alpha value is -5.57. The van der Waals surface area contributed by atoms with E-state index in [1.54, 1.807) is 44.2 Å². The summed E-state index contributed by atoms with van der Waals surface area (Å²) in [6, 6.07) is 20.3. The quantitative estimate of drug-likeness (QED) is 0.147. The fourth-order valence-electron chi connectivity index (χ4n) is 4.74. The first-order chi connectivity index (χ1) is 22.0. The molecule has 0 heterocycles. The number of Topliss-reactive ketones (excluding diaryl/α,β-unsaturated/α-hetero) is 1. The Balaban J connectivity index is 1.59. The number of ketones is 1. The van der Waals surface area contributed by atoms with Crippen molar-refractivity contribution in [2.45, 2.75) is 57.7 Å². The van der Waals surface area contributed by atoms with Crippen molar-refractivity contribution in [1.82, 2.24) is 21.3 Å². The van der Waals surface area contributed by atoms with Gasteiger partial charge in [-0.1, -0.05) is 93.1 Å². The van der Waals surface area contributed by atoms with Gasteiger partial charge in [-0.3, -0.25) is 28.8 Å². The van der Waals surface area contributed by atoms with Gasteiger partial charge in [0, 0.05) is 6.42 Å². The number of nitrogens with one attached hydrogen (secondary N) is 4. The molecule has 0 aromatic heterocycles. The molecule has 0 aliphatic rings. The summed E-state index contributed by atoms with van der Waals surface area (Å²) in [6.07, 6.45) is 0.142. The van der Waals surface area contributed by atoms with Crippen LogP contribution in [0.15, 0.2) is 72.8 Å². The molecule has 4 atom stereocenters. The minimum atomic E-state index is -1.29. The molecule has 0 aliphatic heterocycles. The van der Waals surface area contributed by atoms with Crippen molar-refractivity contribution in [3.63, 3.8) is 0 Å². The number of rotatable bonds is 16. The van der Waals surface area contributed by atoms with E-state index in [1.807, 2.05) is 48.5 Å². The van der Waals surface area contributed by atoms with Crippen LogP contribution in [0.1, 0.15) is 37.8 Å². The largest absolute Gasteiger partial charge is 0.368 e. The van der Waals surface area contributed by atoms with Crippen LogP contribution in [-0.2, 0) is 41.6 Å². The highest BCUT2D eigenvalue weighted by Gasteiger charge is 2.33. The summed E-state index contributed by atoms with van der Waals surface area (Å²) in [5.74, 6) is -5.45. The Morgan fingerprint density at radius 3 is 2.11 bits per heavy atom. The highest BCUT2D eigenvalue weighted by molar-refractivity contribution is 6.38. The molecule has 0 aliphatic carbocycles. The molecule has 1 unspecified atom stereocenters. The van der Waals surface area contributed by atoms with Crippen LogP contribution in [0.3, 0.4) is 0 Å². The summed E-state index contributed by atoms with van der Waals surface area (Å²) in [4.78, 5) is 76.3. The van der Waals surface area contributed by atoms with Crippen molar-refractivity contribution in [2.75, 3.05) is 6.54 Å². The fraction of sp³-hybridized carbons (Fsp3) is 0.324. The Bertz CT molecular complexity index is 1620. The molecule has 6 N–H and O–H groups in total. The van der Waals surface area contributed by atoms with Crippen LogP contribution in [0.4, 0.5) is 0 Å². The molecule has 0 fully saturated rings. The summed E-state index contributed by atoms with van der Waals surface area (Å²) in [6.45, 7) is 2.79. The monoisotopic (exact) mass is 626 g/mol. The minimum absolute atomic E-state index is 0.0207. The standard InChI is InChI=1S/C34H38N6O6/c1-3-21(2)30(40-33(45)26(15-16-35)38-28(41)19-22-9-5-4-6-10-22)31(43)34(46)37-20-29(42)39-27(32(36)44)18-23-13-14-24-11-7-8-12-25(24)17-23/h4-14,17,21,26-27,30H,3,15,18-20H2,1-2H3,(H2,36,44)(H,37,46)(H,38,41)(H,39,42)(H,40,45)/t21-,26-,27-,30?/m0/s1. The van der Waals surface area contributed by atoms with E-state index in [0.717, 1.165) is 16.3 Å². The summed E-state index contributed by atoms with van der Waals surface area (Å²) < 4.78 is 0. The van der Waals surface area contributed by atoms with Crippen molar-refractivity contribution < 1.29 is 28.8 Å². The second kappa shape index (κ2) is 17.1. The molecule has 3 rings (SSSR count). The number of carbonyl (C=O) groups is 6. The molecule has 5 amide bonds. The predicted octanol–water partition coefficient (Wildman–Crippen LogP) is 1.21. The van der Waals surface area contributed by atoms with E-state index < -0.39 is 65.9 Å². The third kappa shape index (κ3) is 10.3. The number of nitriles is 1. The van der Waals surface area contributed by atoms with E-state index in [-0.39, 0.29) is 19.3 Å². The van der Waals surface area contributed by atoms with Gasteiger partial charge in [0.15, 0.2) is 0 Å². The fourth-order valence-corrected chi connectivity index (χ4v) is 4.74. The molecule has 240 valence electrons. The third-order valence-corrected chi connectivity index (χ3v) is 7.51.